The van der Waals surface area contributed by atoms with Gasteiger partial charge >= 0.3 is 0 Å². The van der Waals surface area contributed by atoms with Gasteiger partial charge in [0.15, 0.2) is 0 Å². The number of rotatable bonds is 2. The zero-order valence-electron chi connectivity index (χ0n) is 11.5. The zero-order valence-corrected chi connectivity index (χ0v) is 11.5. The number of anilines is 1. The van der Waals surface area contributed by atoms with Gasteiger partial charge in [0, 0.05) is 31.4 Å². The second-order valence-electron chi connectivity index (χ2n) is 5.68. The van der Waals surface area contributed by atoms with Crippen LogP contribution in [0.2, 0.25) is 0 Å². The Morgan fingerprint density at radius 1 is 1.30 bits per heavy atom. The average Bonchev–Trinajstić information content (AvgIpc) is 2.84. The van der Waals surface area contributed by atoms with Crippen molar-refractivity contribution in [1.82, 2.24) is 4.90 Å². The SMILES string of the molecule is NC1CCN(CC(=O)N2CCc3ccc(F)cc32)CC1. The van der Waals surface area contributed by atoms with Crippen molar-refractivity contribution in [2.24, 2.45) is 5.73 Å². The summed E-state index contributed by atoms with van der Waals surface area (Å²) < 4.78 is 13.3. The standard InChI is InChI=1S/C15H20FN3O/c16-12-2-1-11-3-8-19(14(11)9-12)15(20)10-18-6-4-13(17)5-7-18/h1-2,9,13H,3-8,10,17H2. The van der Waals surface area contributed by atoms with Crippen LogP contribution in [-0.2, 0) is 11.2 Å². The fourth-order valence-corrected chi connectivity index (χ4v) is 3.00. The van der Waals surface area contributed by atoms with E-state index in [0.29, 0.717) is 13.1 Å². The molecule has 5 heteroatoms. The monoisotopic (exact) mass is 277 g/mol. The topological polar surface area (TPSA) is 49.6 Å². The van der Waals surface area contributed by atoms with Crippen molar-refractivity contribution < 1.29 is 9.18 Å². The quantitative estimate of drug-likeness (QED) is 0.882. The lowest BCUT2D eigenvalue weighted by atomic mass is 10.1. The molecule has 0 radical (unpaired) electrons. The van der Waals surface area contributed by atoms with E-state index in [0.717, 1.165) is 43.6 Å². The van der Waals surface area contributed by atoms with Crippen molar-refractivity contribution in [2.75, 3.05) is 31.1 Å². The molecular weight excluding hydrogens is 257 g/mol. The zero-order chi connectivity index (χ0) is 14.1. The molecule has 0 unspecified atom stereocenters. The van der Waals surface area contributed by atoms with Crippen LogP contribution in [0.25, 0.3) is 0 Å². The molecule has 3 rings (SSSR count). The third-order valence-electron chi connectivity index (χ3n) is 4.24. The molecule has 1 saturated heterocycles. The summed E-state index contributed by atoms with van der Waals surface area (Å²) >= 11 is 0. The van der Waals surface area contributed by atoms with Gasteiger partial charge in [-0.15, -0.1) is 0 Å². The molecule has 1 amide bonds. The van der Waals surface area contributed by atoms with Gasteiger partial charge in [0.05, 0.1) is 6.54 Å². The van der Waals surface area contributed by atoms with E-state index < -0.39 is 0 Å². The summed E-state index contributed by atoms with van der Waals surface area (Å²) in [5, 5.41) is 0. The number of nitrogens with zero attached hydrogens (tertiary/aromatic N) is 2. The minimum absolute atomic E-state index is 0.0600. The minimum atomic E-state index is -0.285. The number of benzene rings is 1. The Hall–Kier alpha value is -1.46. The average molecular weight is 277 g/mol. The first-order valence-electron chi connectivity index (χ1n) is 7.20. The van der Waals surface area contributed by atoms with Crippen molar-refractivity contribution in [3.63, 3.8) is 0 Å². The fourth-order valence-electron chi connectivity index (χ4n) is 3.00. The van der Waals surface area contributed by atoms with Gasteiger partial charge in [-0.3, -0.25) is 9.69 Å². The van der Waals surface area contributed by atoms with Crippen LogP contribution in [-0.4, -0.2) is 43.0 Å². The molecule has 1 aromatic carbocycles. The Labute approximate surface area is 118 Å². The van der Waals surface area contributed by atoms with Crippen molar-refractivity contribution in [3.05, 3.63) is 29.6 Å². The van der Waals surface area contributed by atoms with E-state index in [1.807, 2.05) is 0 Å². The van der Waals surface area contributed by atoms with Gasteiger partial charge in [-0.05, 0) is 37.0 Å². The molecule has 20 heavy (non-hydrogen) atoms. The Morgan fingerprint density at radius 3 is 2.80 bits per heavy atom. The first-order valence-corrected chi connectivity index (χ1v) is 7.20. The summed E-state index contributed by atoms with van der Waals surface area (Å²) in [4.78, 5) is 16.3. The van der Waals surface area contributed by atoms with Crippen LogP contribution >= 0.6 is 0 Å². The number of hydrogen-bond acceptors (Lipinski definition) is 3. The second kappa shape index (κ2) is 5.50. The Balaban J connectivity index is 1.66. The number of hydrogen-bond donors (Lipinski definition) is 1. The number of fused-ring (bicyclic) bond motifs is 1. The highest BCUT2D eigenvalue weighted by atomic mass is 19.1. The molecular formula is C15H20FN3O. The summed E-state index contributed by atoms with van der Waals surface area (Å²) in [5.74, 6) is -0.225. The number of carbonyl (C=O) groups excluding carboxylic acids is 1. The fraction of sp³-hybridized carbons (Fsp3) is 0.533. The molecule has 0 aromatic heterocycles. The molecule has 2 heterocycles. The number of amides is 1. The van der Waals surface area contributed by atoms with Crippen LogP contribution < -0.4 is 10.6 Å². The summed E-state index contributed by atoms with van der Waals surface area (Å²) in [6, 6.07) is 4.96. The van der Waals surface area contributed by atoms with Crippen LogP contribution in [0.3, 0.4) is 0 Å². The minimum Gasteiger partial charge on any atom is -0.328 e. The normalized spacial score (nSPS) is 20.2. The predicted molar refractivity (Wildman–Crippen MR) is 76.1 cm³/mol. The first-order chi connectivity index (χ1) is 9.63. The molecule has 2 N–H and O–H groups in total. The number of likely N-dealkylation sites (tertiary alicyclic amines) is 1. The molecule has 2 aliphatic heterocycles. The maximum atomic E-state index is 13.3. The van der Waals surface area contributed by atoms with E-state index >= 15 is 0 Å². The molecule has 0 spiro atoms. The van der Waals surface area contributed by atoms with Crippen LogP contribution in [0.15, 0.2) is 18.2 Å². The summed E-state index contributed by atoms with van der Waals surface area (Å²) in [5.41, 5.74) is 7.66. The summed E-state index contributed by atoms with van der Waals surface area (Å²) in [6.45, 7) is 2.81. The Morgan fingerprint density at radius 2 is 2.05 bits per heavy atom. The van der Waals surface area contributed by atoms with Gasteiger partial charge in [-0.1, -0.05) is 6.07 Å². The highest BCUT2D eigenvalue weighted by Gasteiger charge is 2.27. The molecule has 4 nitrogen and oxygen atoms in total. The van der Waals surface area contributed by atoms with Crippen molar-refractivity contribution in [1.29, 1.82) is 0 Å². The predicted octanol–water partition coefficient (Wildman–Crippen LogP) is 1.14. The lowest BCUT2D eigenvalue weighted by Crippen LogP contribution is -2.45. The van der Waals surface area contributed by atoms with Crippen molar-refractivity contribution in [3.8, 4) is 0 Å². The maximum Gasteiger partial charge on any atom is 0.241 e. The smallest absolute Gasteiger partial charge is 0.241 e. The van der Waals surface area contributed by atoms with E-state index in [9.17, 15) is 9.18 Å². The Kier molecular flexibility index (Phi) is 3.72. The number of piperidine rings is 1. The van der Waals surface area contributed by atoms with Crippen LogP contribution in [0.1, 0.15) is 18.4 Å². The van der Waals surface area contributed by atoms with E-state index in [1.165, 1.54) is 12.1 Å². The molecule has 1 aromatic rings. The highest BCUT2D eigenvalue weighted by molar-refractivity contribution is 5.96. The van der Waals surface area contributed by atoms with Crippen LogP contribution in [0, 0.1) is 5.82 Å². The van der Waals surface area contributed by atoms with E-state index in [4.69, 9.17) is 5.73 Å². The van der Waals surface area contributed by atoms with Crippen LogP contribution in [0.5, 0.6) is 0 Å². The second-order valence-corrected chi connectivity index (χ2v) is 5.68. The number of carbonyl (C=O) groups is 1. The molecule has 2 aliphatic rings. The highest BCUT2D eigenvalue weighted by Crippen LogP contribution is 2.28. The molecule has 0 saturated carbocycles. The van der Waals surface area contributed by atoms with E-state index in [-0.39, 0.29) is 17.8 Å². The summed E-state index contributed by atoms with van der Waals surface area (Å²) in [6.07, 6.45) is 2.70. The van der Waals surface area contributed by atoms with E-state index in [1.54, 1.807) is 11.0 Å². The molecule has 0 bridgehead atoms. The van der Waals surface area contributed by atoms with Crippen LogP contribution in [0.4, 0.5) is 10.1 Å². The number of nitrogens with two attached hydrogens (primary N) is 1. The van der Waals surface area contributed by atoms with Gasteiger partial charge in [0.1, 0.15) is 5.82 Å². The van der Waals surface area contributed by atoms with Crippen molar-refractivity contribution >= 4 is 11.6 Å². The van der Waals surface area contributed by atoms with Crippen molar-refractivity contribution in [2.45, 2.75) is 25.3 Å². The molecule has 0 aliphatic carbocycles. The largest absolute Gasteiger partial charge is 0.328 e. The number of halogens is 1. The van der Waals surface area contributed by atoms with Gasteiger partial charge in [0.25, 0.3) is 0 Å². The third-order valence-corrected chi connectivity index (χ3v) is 4.24. The summed E-state index contributed by atoms with van der Waals surface area (Å²) in [7, 11) is 0. The van der Waals surface area contributed by atoms with E-state index in [2.05, 4.69) is 4.90 Å². The maximum absolute atomic E-state index is 13.3. The molecule has 108 valence electrons. The lowest BCUT2D eigenvalue weighted by Gasteiger charge is -2.30. The van der Waals surface area contributed by atoms with Gasteiger partial charge in [-0.2, -0.15) is 0 Å². The van der Waals surface area contributed by atoms with Gasteiger partial charge in [-0.25, -0.2) is 4.39 Å². The van der Waals surface area contributed by atoms with Gasteiger partial charge in [0.2, 0.25) is 5.91 Å². The molecule has 0 atom stereocenters. The van der Waals surface area contributed by atoms with Gasteiger partial charge < -0.3 is 10.6 Å². The first kappa shape index (κ1) is 13.5. The third kappa shape index (κ3) is 2.69. The lowest BCUT2D eigenvalue weighted by molar-refractivity contribution is -0.119. The molecule has 1 fully saturated rings. The Bertz CT molecular complexity index is 512.